The normalized spacial score (nSPS) is 30.9. The molecule has 0 radical (unpaired) electrons. The molecule has 0 heterocycles. The fourth-order valence-corrected chi connectivity index (χ4v) is 3.79. The van der Waals surface area contributed by atoms with E-state index >= 15 is 0 Å². The van der Waals surface area contributed by atoms with Gasteiger partial charge in [0.15, 0.2) is 5.78 Å². The van der Waals surface area contributed by atoms with Crippen molar-refractivity contribution in [3.8, 4) is 0 Å². The van der Waals surface area contributed by atoms with Gasteiger partial charge in [-0.15, -0.1) is 0 Å². The molecule has 0 aromatic carbocycles. The fourth-order valence-electron chi connectivity index (χ4n) is 3.79. The van der Waals surface area contributed by atoms with Crippen molar-refractivity contribution >= 4 is 5.78 Å². The van der Waals surface area contributed by atoms with Crippen molar-refractivity contribution in [3.63, 3.8) is 0 Å². The van der Waals surface area contributed by atoms with Crippen molar-refractivity contribution in [2.45, 2.75) is 73.3 Å². The van der Waals surface area contributed by atoms with Crippen LogP contribution in [0.2, 0.25) is 0 Å². The van der Waals surface area contributed by atoms with Gasteiger partial charge in [0.2, 0.25) is 0 Å². The second kappa shape index (κ2) is 5.96. The van der Waals surface area contributed by atoms with Crippen LogP contribution in [0.4, 0.5) is 0 Å². The maximum Gasteiger partial charge on any atom is 0.159 e. The van der Waals surface area contributed by atoms with Crippen LogP contribution in [-0.4, -0.2) is 17.0 Å². The number of hydrogen-bond donors (Lipinski definition) is 1. The predicted molar refractivity (Wildman–Crippen MR) is 91.5 cm³/mol. The summed E-state index contributed by atoms with van der Waals surface area (Å²) in [5.74, 6) is 0.322. The lowest BCUT2D eigenvalue weighted by Gasteiger charge is -2.38. The first kappa shape index (κ1) is 17.5. The standard InChI is InChI=1S/C20H32O2/c1-19(2,3)13-7-9-15(17(21)11-13)16-10-8-14(12-18(16)22)20(4,5)6/h11-12,15-17,21H,7-10H2,1-6H3/t15-,16-,17+/m0/s1. The van der Waals surface area contributed by atoms with Gasteiger partial charge in [-0.25, -0.2) is 0 Å². The van der Waals surface area contributed by atoms with E-state index in [1.807, 2.05) is 12.2 Å². The maximum absolute atomic E-state index is 12.6. The van der Waals surface area contributed by atoms with Crippen molar-refractivity contribution in [2.75, 3.05) is 0 Å². The number of carbonyl (C=O) groups is 1. The zero-order valence-electron chi connectivity index (χ0n) is 15.1. The van der Waals surface area contributed by atoms with Crippen molar-refractivity contribution in [1.29, 1.82) is 0 Å². The van der Waals surface area contributed by atoms with E-state index < -0.39 is 6.10 Å². The maximum atomic E-state index is 12.6. The van der Waals surface area contributed by atoms with E-state index in [0.717, 1.165) is 25.7 Å². The summed E-state index contributed by atoms with van der Waals surface area (Å²) in [6.07, 6.45) is 7.22. The Morgan fingerprint density at radius 1 is 0.955 bits per heavy atom. The highest BCUT2D eigenvalue weighted by Crippen LogP contribution is 2.42. The number of rotatable bonds is 1. The van der Waals surface area contributed by atoms with Gasteiger partial charge in [0, 0.05) is 5.92 Å². The molecule has 0 spiro atoms. The van der Waals surface area contributed by atoms with Crippen molar-refractivity contribution < 1.29 is 9.90 Å². The number of aliphatic hydroxyl groups excluding tert-OH is 1. The molecule has 124 valence electrons. The Morgan fingerprint density at radius 2 is 1.50 bits per heavy atom. The van der Waals surface area contributed by atoms with Crippen LogP contribution in [0.15, 0.2) is 23.3 Å². The molecule has 2 nitrogen and oxygen atoms in total. The molecule has 0 aliphatic heterocycles. The lowest BCUT2D eigenvalue weighted by atomic mass is 9.67. The van der Waals surface area contributed by atoms with E-state index in [-0.39, 0.29) is 28.4 Å². The second-order valence-corrected chi connectivity index (χ2v) is 9.10. The molecule has 0 amide bonds. The highest BCUT2D eigenvalue weighted by Gasteiger charge is 2.38. The van der Waals surface area contributed by atoms with Crippen LogP contribution in [0.3, 0.4) is 0 Å². The number of allylic oxidation sites excluding steroid dienone is 3. The molecular formula is C20H32O2. The van der Waals surface area contributed by atoms with E-state index in [2.05, 4.69) is 41.5 Å². The third-order valence-corrected chi connectivity index (χ3v) is 5.41. The molecule has 0 fully saturated rings. The van der Waals surface area contributed by atoms with Crippen LogP contribution < -0.4 is 0 Å². The Balaban J connectivity index is 2.14. The Kier molecular flexibility index (Phi) is 4.73. The summed E-state index contributed by atoms with van der Waals surface area (Å²) in [6.45, 7) is 13.1. The first-order valence-corrected chi connectivity index (χ1v) is 8.64. The Bertz CT molecular complexity index is 497. The first-order valence-electron chi connectivity index (χ1n) is 8.64. The van der Waals surface area contributed by atoms with Crippen LogP contribution in [-0.2, 0) is 4.79 Å². The quantitative estimate of drug-likeness (QED) is 0.714. The molecule has 1 N–H and O–H groups in total. The molecule has 22 heavy (non-hydrogen) atoms. The minimum Gasteiger partial charge on any atom is -0.389 e. The van der Waals surface area contributed by atoms with Gasteiger partial charge in [-0.2, -0.15) is 0 Å². The van der Waals surface area contributed by atoms with Gasteiger partial charge in [0.05, 0.1) is 6.10 Å². The average Bonchev–Trinajstić information content (AvgIpc) is 2.37. The van der Waals surface area contributed by atoms with Crippen LogP contribution in [0.25, 0.3) is 0 Å². The number of carbonyl (C=O) groups excluding carboxylic acids is 1. The Morgan fingerprint density at radius 3 is 1.95 bits per heavy atom. The molecule has 0 bridgehead atoms. The SMILES string of the molecule is CC(C)(C)C1=C[C@@H](O)[C@H]([C@@H]2CCC(C(C)(C)C)=CC2=O)CC1. The van der Waals surface area contributed by atoms with Crippen molar-refractivity contribution in [2.24, 2.45) is 22.7 Å². The third-order valence-electron chi connectivity index (χ3n) is 5.41. The van der Waals surface area contributed by atoms with Gasteiger partial charge in [-0.05, 0) is 48.5 Å². The summed E-state index contributed by atoms with van der Waals surface area (Å²) in [6, 6.07) is 0. The Labute approximate surface area is 135 Å². The molecule has 2 aliphatic carbocycles. The van der Waals surface area contributed by atoms with Crippen LogP contribution in [0.5, 0.6) is 0 Å². The summed E-state index contributed by atoms with van der Waals surface area (Å²) >= 11 is 0. The Hall–Kier alpha value is -0.890. The third kappa shape index (κ3) is 3.71. The summed E-state index contributed by atoms with van der Waals surface area (Å²) in [5, 5.41) is 10.5. The van der Waals surface area contributed by atoms with E-state index in [9.17, 15) is 9.90 Å². The van der Waals surface area contributed by atoms with Gasteiger partial charge in [-0.1, -0.05) is 58.8 Å². The second-order valence-electron chi connectivity index (χ2n) is 9.10. The number of ketones is 1. The van der Waals surface area contributed by atoms with Crippen LogP contribution in [0, 0.1) is 22.7 Å². The molecular weight excluding hydrogens is 272 g/mol. The van der Waals surface area contributed by atoms with Crippen molar-refractivity contribution in [3.05, 3.63) is 23.3 Å². The molecule has 2 aliphatic rings. The monoisotopic (exact) mass is 304 g/mol. The van der Waals surface area contributed by atoms with Gasteiger partial charge in [-0.3, -0.25) is 4.79 Å². The zero-order valence-corrected chi connectivity index (χ0v) is 15.1. The predicted octanol–water partition coefficient (Wildman–Crippen LogP) is 4.68. The summed E-state index contributed by atoms with van der Waals surface area (Å²) in [5.41, 5.74) is 2.77. The van der Waals surface area contributed by atoms with Gasteiger partial charge >= 0.3 is 0 Å². The number of hydrogen-bond acceptors (Lipinski definition) is 2. The fraction of sp³-hybridized carbons (Fsp3) is 0.750. The molecule has 0 aromatic heterocycles. The summed E-state index contributed by atoms with van der Waals surface area (Å²) in [7, 11) is 0. The van der Waals surface area contributed by atoms with Gasteiger partial charge in [0.1, 0.15) is 0 Å². The highest BCUT2D eigenvalue weighted by atomic mass is 16.3. The minimum absolute atomic E-state index is 0.00105. The lowest BCUT2D eigenvalue weighted by Crippen LogP contribution is -2.37. The van der Waals surface area contributed by atoms with E-state index in [0.29, 0.717) is 0 Å². The summed E-state index contributed by atoms with van der Waals surface area (Å²) in [4.78, 5) is 12.6. The number of aliphatic hydroxyl groups is 1. The molecule has 0 saturated carbocycles. The van der Waals surface area contributed by atoms with Crippen LogP contribution in [0.1, 0.15) is 67.2 Å². The molecule has 2 rings (SSSR count). The van der Waals surface area contributed by atoms with E-state index in [4.69, 9.17) is 0 Å². The molecule has 0 saturated heterocycles. The lowest BCUT2D eigenvalue weighted by molar-refractivity contribution is -0.122. The summed E-state index contributed by atoms with van der Waals surface area (Å²) < 4.78 is 0. The average molecular weight is 304 g/mol. The zero-order chi connectivity index (χ0) is 16.7. The topological polar surface area (TPSA) is 37.3 Å². The first-order chi connectivity index (χ1) is 10.00. The van der Waals surface area contributed by atoms with E-state index in [1.54, 1.807) is 0 Å². The van der Waals surface area contributed by atoms with E-state index in [1.165, 1.54) is 11.1 Å². The molecule has 3 atom stereocenters. The highest BCUT2D eigenvalue weighted by molar-refractivity contribution is 5.93. The van der Waals surface area contributed by atoms with Crippen LogP contribution >= 0.6 is 0 Å². The molecule has 2 heteroatoms. The molecule has 0 aromatic rings. The smallest absolute Gasteiger partial charge is 0.159 e. The van der Waals surface area contributed by atoms with Gasteiger partial charge < -0.3 is 5.11 Å². The molecule has 0 unspecified atom stereocenters. The minimum atomic E-state index is -0.471. The largest absolute Gasteiger partial charge is 0.389 e. The van der Waals surface area contributed by atoms with Gasteiger partial charge in [0.25, 0.3) is 0 Å². The van der Waals surface area contributed by atoms with Crippen molar-refractivity contribution in [1.82, 2.24) is 0 Å².